The fourth-order valence-corrected chi connectivity index (χ4v) is 9.70. The summed E-state index contributed by atoms with van der Waals surface area (Å²) in [7, 11) is 3.07. The molecule has 3 aliphatic heterocycles. The van der Waals surface area contributed by atoms with Crippen molar-refractivity contribution in [2.24, 2.45) is 29.6 Å². The van der Waals surface area contributed by atoms with Gasteiger partial charge in [-0.1, -0.05) is 44.6 Å². The number of allylic oxidation sites excluding steroid dienone is 4. The van der Waals surface area contributed by atoms with Crippen LogP contribution in [0.5, 0.6) is 0 Å². The zero-order chi connectivity index (χ0) is 43.8. The topological polar surface area (TPSA) is 178 Å². The van der Waals surface area contributed by atoms with E-state index in [-0.39, 0.29) is 49.5 Å². The van der Waals surface area contributed by atoms with Crippen molar-refractivity contribution in [2.45, 2.75) is 180 Å². The minimum atomic E-state index is -2.51. The number of carbonyl (C=O) groups excluding carboxylic acids is 4. The maximum absolute atomic E-state index is 14.5. The highest BCUT2D eigenvalue weighted by molar-refractivity contribution is 6.39. The number of cyclic esters (lactones) is 1. The van der Waals surface area contributed by atoms with Gasteiger partial charge in [-0.2, -0.15) is 0 Å². The number of aliphatic hydroxyl groups is 3. The van der Waals surface area contributed by atoms with Crippen molar-refractivity contribution in [3.8, 4) is 0 Å². The molecule has 4 rings (SSSR count). The second kappa shape index (κ2) is 21.8. The van der Waals surface area contributed by atoms with Gasteiger partial charge in [-0.3, -0.25) is 14.4 Å². The summed E-state index contributed by atoms with van der Waals surface area (Å²) in [6.07, 6.45) is 4.58. The molecule has 2 bridgehead atoms. The first kappa shape index (κ1) is 48.9. The lowest BCUT2D eigenvalue weighted by atomic mass is 9.81. The third-order valence-electron chi connectivity index (χ3n) is 13.0. The first-order valence-corrected chi connectivity index (χ1v) is 21.9. The standard InChI is InChI=1S/C46H73NO12/c1-11-14-33-20-27(4)19-28(5)21-39(55-9)42-40(56-10)23-30(7)46(54,59-42)43(51)44(52)47-18-13-12-15-34(47)45(53)58-41(31(8)38(25-36(33)49)57-26(2)3)29(6)22-32-16-17-35(48)37(50)24-32/h11,20,22,26,28,30-35,37-42,48,50,54H,1,12-19,21,23-25H2,2-10H3/b27-20+,29-22+/t28-,30+,31+,32-,33+,34-,35+,37+,38-,39-,40-,41+,42+,46+/m0/s1. The summed E-state index contributed by atoms with van der Waals surface area (Å²) < 4.78 is 30.9. The molecule has 0 aromatic carbocycles. The zero-order valence-corrected chi connectivity index (χ0v) is 37.0. The minimum absolute atomic E-state index is 0.0223. The number of ketones is 2. The summed E-state index contributed by atoms with van der Waals surface area (Å²) in [6, 6.07) is -1.13. The molecule has 13 nitrogen and oxygen atoms in total. The molecule has 1 amide bonds. The van der Waals surface area contributed by atoms with Crippen molar-refractivity contribution < 1.29 is 58.2 Å². The van der Waals surface area contributed by atoms with Gasteiger partial charge in [0, 0.05) is 44.9 Å². The first-order chi connectivity index (χ1) is 27.8. The van der Waals surface area contributed by atoms with Crippen LogP contribution in [0.3, 0.4) is 0 Å². The molecule has 2 saturated heterocycles. The Morgan fingerprint density at radius 1 is 0.966 bits per heavy atom. The number of hydrogen-bond acceptors (Lipinski definition) is 12. The summed E-state index contributed by atoms with van der Waals surface area (Å²) in [5.74, 6) is -7.39. The monoisotopic (exact) mass is 832 g/mol. The van der Waals surface area contributed by atoms with Crippen molar-refractivity contribution in [1.29, 1.82) is 0 Å². The van der Waals surface area contributed by atoms with Gasteiger partial charge < -0.3 is 43.9 Å². The molecule has 3 heterocycles. The van der Waals surface area contributed by atoms with Gasteiger partial charge in [0.15, 0.2) is 0 Å². The number of esters is 1. The van der Waals surface area contributed by atoms with Gasteiger partial charge in [-0.15, -0.1) is 6.58 Å². The van der Waals surface area contributed by atoms with E-state index in [0.717, 1.165) is 5.57 Å². The molecular formula is C46H73NO12. The summed E-state index contributed by atoms with van der Waals surface area (Å²) >= 11 is 0. The minimum Gasteiger partial charge on any atom is -0.456 e. The number of methoxy groups -OCH3 is 2. The second-order valence-electron chi connectivity index (χ2n) is 18.2. The molecule has 3 fully saturated rings. The molecule has 0 unspecified atom stereocenters. The first-order valence-electron chi connectivity index (χ1n) is 21.9. The van der Waals surface area contributed by atoms with Crippen LogP contribution in [0, 0.1) is 29.6 Å². The Hall–Kier alpha value is -2.78. The lowest BCUT2D eigenvalue weighted by molar-refractivity contribution is -0.302. The quantitative estimate of drug-likeness (QED) is 0.161. The normalized spacial score (nSPS) is 40.1. The van der Waals surface area contributed by atoms with Crippen molar-refractivity contribution >= 4 is 23.4 Å². The summed E-state index contributed by atoms with van der Waals surface area (Å²) in [5.41, 5.74) is 1.68. The number of rotatable bonds is 8. The van der Waals surface area contributed by atoms with Crippen LogP contribution in [-0.4, -0.2) is 125 Å². The SMILES string of the molecule is C=CC[C@@H]1/C=C(\C)C[C@H](C)C[C@H](OC)[C@H]2O[C@@](O)(C(=O)C(=O)N3CCCC[C@H]3C(=O)O[C@H](/C(C)=C/[C@@H]3CC[C@@H](O)[C@H](O)C3)[C@H](C)[C@@H](OC(C)C)CC1=O)[C@H](C)C[C@@H]2OC. The van der Waals surface area contributed by atoms with E-state index in [1.807, 2.05) is 46.8 Å². The Bertz CT molecular complexity index is 1530. The molecule has 0 spiro atoms. The van der Waals surface area contributed by atoms with Crippen LogP contribution in [0.25, 0.3) is 0 Å². The fraction of sp³-hybridized carbons (Fsp3) is 0.783. The predicted molar refractivity (Wildman–Crippen MR) is 222 cm³/mol. The van der Waals surface area contributed by atoms with Gasteiger partial charge in [-0.25, -0.2) is 4.79 Å². The van der Waals surface area contributed by atoms with Gasteiger partial charge in [0.2, 0.25) is 5.79 Å². The molecule has 59 heavy (non-hydrogen) atoms. The van der Waals surface area contributed by atoms with Crippen molar-refractivity contribution in [2.75, 3.05) is 20.8 Å². The van der Waals surface area contributed by atoms with Crippen LogP contribution in [-0.2, 0) is 42.9 Å². The number of nitrogens with zero attached hydrogens (tertiary/aromatic N) is 1. The van der Waals surface area contributed by atoms with Crippen LogP contribution in [0.15, 0.2) is 36.0 Å². The third-order valence-corrected chi connectivity index (χ3v) is 13.0. The molecule has 14 atom stereocenters. The van der Waals surface area contributed by atoms with Crippen molar-refractivity contribution in [1.82, 2.24) is 4.90 Å². The van der Waals surface area contributed by atoms with Crippen molar-refractivity contribution in [3.63, 3.8) is 0 Å². The molecule has 1 aliphatic carbocycles. The fourth-order valence-electron chi connectivity index (χ4n) is 9.70. The average molecular weight is 832 g/mol. The van der Waals surface area contributed by atoms with Gasteiger partial charge in [0.25, 0.3) is 11.7 Å². The molecule has 1 saturated carbocycles. The zero-order valence-electron chi connectivity index (χ0n) is 37.0. The lowest BCUT2D eigenvalue weighted by Gasteiger charge is -2.47. The number of ether oxygens (including phenoxy) is 5. The average Bonchev–Trinajstić information content (AvgIpc) is 3.19. The molecule has 0 radical (unpaired) electrons. The van der Waals surface area contributed by atoms with E-state index in [2.05, 4.69) is 13.5 Å². The van der Waals surface area contributed by atoms with Crippen LogP contribution < -0.4 is 0 Å². The molecular weight excluding hydrogens is 759 g/mol. The number of hydrogen-bond donors (Lipinski definition) is 3. The van der Waals surface area contributed by atoms with Crippen LogP contribution in [0.4, 0.5) is 0 Å². The molecule has 13 heteroatoms. The summed E-state index contributed by atoms with van der Waals surface area (Å²) in [6.45, 7) is 17.2. The van der Waals surface area contributed by atoms with Crippen LogP contribution in [0.1, 0.15) is 119 Å². The molecule has 4 aliphatic rings. The number of amides is 1. The Morgan fingerprint density at radius 2 is 1.64 bits per heavy atom. The lowest BCUT2D eigenvalue weighted by Crippen LogP contribution is -2.64. The summed E-state index contributed by atoms with van der Waals surface area (Å²) in [4.78, 5) is 58.6. The van der Waals surface area contributed by atoms with E-state index < -0.39 is 90.0 Å². The highest BCUT2D eigenvalue weighted by Crippen LogP contribution is 2.39. The van der Waals surface area contributed by atoms with Crippen LogP contribution >= 0.6 is 0 Å². The smallest absolute Gasteiger partial charge is 0.329 e. The van der Waals surface area contributed by atoms with E-state index in [1.165, 1.54) is 19.1 Å². The van der Waals surface area contributed by atoms with Gasteiger partial charge >= 0.3 is 5.97 Å². The van der Waals surface area contributed by atoms with Gasteiger partial charge in [-0.05, 0) is 109 Å². The van der Waals surface area contributed by atoms with E-state index in [9.17, 15) is 34.5 Å². The highest BCUT2D eigenvalue weighted by Gasteiger charge is 2.56. The maximum atomic E-state index is 14.5. The number of piperidine rings is 1. The summed E-state index contributed by atoms with van der Waals surface area (Å²) in [5, 5.41) is 32.8. The van der Waals surface area contributed by atoms with Crippen molar-refractivity contribution in [3.05, 3.63) is 36.0 Å². The number of Topliss-reactive ketones (excluding diaryl/α,β-unsaturated/α-hetero) is 2. The highest BCUT2D eigenvalue weighted by atomic mass is 16.7. The molecule has 3 N–H and O–H groups in total. The number of carbonyl (C=O) groups is 4. The Labute approximate surface area is 351 Å². The van der Waals surface area contributed by atoms with Gasteiger partial charge in [0.1, 0.15) is 24.0 Å². The molecule has 0 aromatic rings. The largest absolute Gasteiger partial charge is 0.456 e. The number of aliphatic hydroxyl groups excluding tert-OH is 2. The number of fused-ring (bicyclic) bond motifs is 3. The predicted octanol–water partition coefficient (Wildman–Crippen LogP) is 5.42. The van der Waals surface area contributed by atoms with E-state index in [4.69, 9.17) is 23.7 Å². The van der Waals surface area contributed by atoms with Crippen LogP contribution in [0.2, 0.25) is 0 Å². The second-order valence-corrected chi connectivity index (χ2v) is 18.2. The third kappa shape index (κ3) is 12.2. The maximum Gasteiger partial charge on any atom is 0.329 e. The Morgan fingerprint density at radius 3 is 2.27 bits per heavy atom. The molecule has 0 aromatic heterocycles. The van der Waals surface area contributed by atoms with Gasteiger partial charge in [0.05, 0.1) is 36.6 Å². The molecule has 334 valence electrons. The van der Waals surface area contributed by atoms with E-state index >= 15 is 0 Å². The van der Waals surface area contributed by atoms with E-state index in [0.29, 0.717) is 56.9 Å². The Balaban J connectivity index is 1.83. The van der Waals surface area contributed by atoms with E-state index in [1.54, 1.807) is 13.0 Å². The Kier molecular flexibility index (Phi) is 18.1.